The maximum atomic E-state index is 12.6. The third-order valence-corrected chi connectivity index (χ3v) is 5.46. The topological polar surface area (TPSA) is 88.7 Å². The lowest BCUT2D eigenvalue weighted by Crippen LogP contribution is -2.44. The van der Waals surface area contributed by atoms with Gasteiger partial charge in [0.2, 0.25) is 11.8 Å². The van der Waals surface area contributed by atoms with Crippen LogP contribution in [-0.2, 0) is 9.59 Å². The van der Waals surface area contributed by atoms with Crippen LogP contribution >= 0.6 is 0 Å². The van der Waals surface area contributed by atoms with Gasteiger partial charge in [0.1, 0.15) is 5.69 Å². The number of carbonyl (C=O) groups excluding carboxylic acids is 2. The standard InChI is InChI=1S/C20H24N4O4/c25-18-6-2-10-22(18)12-9-19(26)23-11-1-4-15(14-23)24-20(27)8-7-16(21-24)17-5-3-13-28-17/h3,5,7-8,13,15H,1-2,4,6,9-12,14H2/t15-/m0/s1. The Hall–Kier alpha value is -2.90. The zero-order chi connectivity index (χ0) is 19.5. The van der Waals surface area contributed by atoms with E-state index in [-0.39, 0.29) is 23.4 Å². The highest BCUT2D eigenvalue weighted by atomic mass is 16.3. The Morgan fingerprint density at radius 3 is 2.82 bits per heavy atom. The highest BCUT2D eigenvalue weighted by Crippen LogP contribution is 2.22. The van der Waals surface area contributed by atoms with Crippen molar-refractivity contribution in [1.29, 1.82) is 0 Å². The smallest absolute Gasteiger partial charge is 0.267 e. The molecule has 0 bridgehead atoms. The Kier molecular flexibility index (Phi) is 5.27. The van der Waals surface area contributed by atoms with Gasteiger partial charge in [-0.25, -0.2) is 4.68 Å². The minimum atomic E-state index is -0.183. The number of aromatic nitrogens is 2. The first-order valence-corrected chi connectivity index (χ1v) is 9.81. The van der Waals surface area contributed by atoms with Gasteiger partial charge in [0, 0.05) is 45.1 Å². The van der Waals surface area contributed by atoms with Gasteiger partial charge < -0.3 is 14.2 Å². The summed E-state index contributed by atoms with van der Waals surface area (Å²) < 4.78 is 6.85. The number of rotatable bonds is 5. The lowest BCUT2D eigenvalue weighted by molar-refractivity contribution is -0.134. The summed E-state index contributed by atoms with van der Waals surface area (Å²) in [4.78, 5) is 40.3. The summed E-state index contributed by atoms with van der Waals surface area (Å²) in [6.45, 7) is 2.36. The number of carbonyl (C=O) groups is 2. The lowest BCUT2D eigenvalue weighted by Gasteiger charge is -2.33. The average molecular weight is 384 g/mol. The van der Waals surface area contributed by atoms with E-state index in [4.69, 9.17) is 4.42 Å². The van der Waals surface area contributed by atoms with E-state index in [2.05, 4.69) is 5.10 Å². The third kappa shape index (κ3) is 3.85. The predicted octanol–water partition coefficient (Wildman–Crippen LogP) is 1.68. The number of likely N-dealkylation sites (tertiary alicyclic amines) is 2. The van der Waals surface area contributed by atoms with Crippen LogP contribution in [-0.4, -0.2) is 57.6 Å². The monoisotopic (exact) mass is 384 g/mol. The van der Waals surface area contributed by atoms with Gasteiger partial charge in [-0.2, -0.15) is 5.10 Å². The Bertz CT molecular complexity index is 905. The molecule has 8 heteroatoms. The maximum absolute atomic E-state index is 12.6. The Morgan fingerprint density at radius 1 is 1.18 bits per heavy atom. The molecule has 148 valence electrons. The molecule has 2 aliphatic heterocycles. The number of nitrogens with zero attached hydrogens (tertiary/aromatic N) is 4. The molecule has 2 saturated heterocycles. The largest absolute Gasteiger partial charge is 0.463 e. The van der Waals surface area contributed by atoms with Crippen molar-refractivity contribution in [2.45, 2.75) is 38.1 Å². The molecule has 0 spiro atoms. The molecule has 8 nitrogen and oxygen atoms in total. The first-order chi connectivity index (χ1) is 13.6. The number of furan rings is 1. The van der Waals surface area contributed by atoms with Gasteiger partial charge >= 0.3 is 0 Å². The fraction of sp³-hybridized carbons (Fsp3) is 0.500. The minimum absolute atomic E-state index is 0.0274. The van der Waals surface area contributed by atoms with Crippen LogP contribution in [0.4, 0.5) is 0 Å². The Labute approximate surface area is 162 Å². The molecule has 28 heavy (non-hydrogen) atoms. The second-order valence-corrected chi connectivity index (χ2v) is 7.35. The summed E-state index contributed by atoms with van der Waals surface area (Å²) >= 11 is 0. The van der Waals surface area contributed by atoms with Gasteiger partial charge in [0.15, 0.2) is 5.76 Å². The highest BCUT2D eigenvalue weighted by Gasteiger charge is 2.27. The van der Waals surface area contributed by atoms with Crippen LogP contribution in [0, 0.1) is 0 Å². The minimum Gasteiger partial charge on any atom is -0.463 e. The Balaban J connectivity index is 1.43. The predicted molar refractivity (Wildman–Crippen MR) is 101 cm³/mol. The van der Waals surface area contributed by atoms with Gasteiger partial charge in [-0.1, -0.05) is 0 Å². The molecule has 0 aliphatic carbocycles. The summed E-state index contributed by atoms with van der Waals surface area (Å²) in [5, 5.41) is 4.47. The second kappa shape index (κ2) is 8.00. The highest BCUT2D eigenvalue weighted by molar-refractivity contribution is 5.80. The third-order valence-electron chi connectivity index (χ3n) is 5.46. The first kappa shape index (κ1) is 18.5. The second-order valence-electron chi connectivity index (χ2n) is 7.35. The van der Waals surface area contributed by atoms with Crippen molar-refractivity contribution < 1.29 is 14.0 Å². The molecule has 1 atom stereocenters. The van der Waals surface area contributed by atoms with Crippen LogP contribution in [0.25, 0.3) is 11.5 Å². The fourth-order valence-corrected chi connectivity index (χ4v) is 3.95. The lowest BCUT2D eigenvalue weighted by atomic mass is 10.1. The van der Waals surface area contributed by atoms with E-state index in [9.17, 15) is 14.4 Å². The summed E-state index contributed by atoms with van der Waals surface area (Å²) in [6.07, 6.45) is 4.97. The summed E-state index contributed by atoms with van der Waals surface area (Å²) in [7, 11) is 0. The van der Waals surface area contributed by atoms with Crippen molar-refractivity contribution in [1.82, 2.24) is 19.6 Å². The van der Waals surface area contributed by atoms with Crippen LogP contribution in [0.2, 0.25) is 0 Å². The summed E-state index contributed by atoms with van der Waals surface area (Å²) in [5.74, 6) is 0.766. The van der Waals surface area contributed by atoms with E-state index in [0.29, 0.717) is 43.9 Å². The summed E-state index contributed by atoms with van der Waals surface area (Å²) in [5.41, 5.74) is 0.415. The van der Waals surface area contributed by atoms with E-state index in [1.165, 1.54) is 10.7 Å². The van der Waals surface area contributed by atoms with Crippen molar-refractivity contribution in [2.24, 2.45) is 0 Å². The molecule has 2 amide bonds. The van der Waals surface area contributed by atoms with Crippen molar-refractivity contribution in [3.8, 4) is 11.5 Å². The SMILES string of the molecule is O=C1CCCN1CCC(=O)N1CCC[C@H](n2nc(-c3ccco3)ccc2=O)C1. The molecule has 4 rings (SSSR count). The first-order valence-electron chi connectivity index (χ1n) is 9.81. The number of hydrogen-bond acceptors (Lipinski definition) is 5. The molecule has 4 heterocycles. The van der Waals surface area contributed by atoms with Crippen molar-refractivity contribution in [2.75, 3.05) is 26.2 Å². The molecule has 0 saturated carbocycles. The van der Waals surface area contributed by atoms with Gasteiger partial charge in [-0.3, -0.25) is 14.4 Å². The maximum Gasteiger partial charge on any atom is 0.267 e. The fourth-order valence-electron chi connectivity index (χ4n) is 3.95. The molecule has 2 aliphatic rings. The molecule has 0 N–H and O–H groups in total. The molecule has 2 aromatic heterocycles. The number of hydrogen-bond donors (Lipinski definition) is 0. The zero-order valence-corrected chi connectivity index (χ0v) is 15.7. The molecule has 2 aromatic rings. The van der Waals surface area contributed by atoms with Crippen LogP contribution in [0.5, 0.6) is 0 Å². The number of piperidine rings is 1. The Morgan fingerprint density at radius 2 is 2.07 bits per heavy atom. The van der Waals surface area contributed by atoms with Gasteiger partial charge in [-0.05, 0) is 37.5 Å². The average Bonchev–Trinajstić information content (AvgIpc) is 3.38. The molecule has 0 radical (unpaired) electrons. The number of amides is 2. The van der Waals surface area contributed by atoms with Gasteiger partial charge in [0.25, 0.3) is 5.56 Å². The molecule has 0 unspecified atom stereocenters. The van der Waals surface area contributed by atoms with Crippen LogP contribution in [0.1, 0.15) is 38.1 Å². The quantitative estimate of drug-likeness (QED) is 0.783. The van der Waals surface area contributed by atoms with E-state index < -0.39 is 0 Å². The zero-order valence-electron chi connectivity index (χ0n) is 15.7. The van der Waals surface area contributed by atoms with Crippen molar-refractivity contribution in [3.63, 3.8) is 0 Å². The molecule has 0 aromatic carbocycles. The summed E-state index contributed by atoms with van der Waals surface area (Å²) in [6, 6.07) is 6.56. The molecule has 2 fully saturated rings. The van der Waals surface area contributed by atoms with E-state index in [1.807, 2.05) is 0 Å². The van der Waals surface area contributed by atoms with E-state index in [0.717, 1.165) is 25.8 Å². The van der Waals surface area contributed by atoms with Crippen LogP contribution < -0.4 is 5.56 Å². The van der Waals surface area contributed by atoms with E-state index in [1.54, 1.807) is 34.3 Å². The molecular weight excluding hydrogens is 360 g/mol. The van der Waals surface area contributed by atoms with Crippen LogP contribution in [0.3, 0.4) is 0 Å². The van der Waals surface area contributed by atoms with Gasteiger partial charge in [-0.15, -0.1) is 0 Å². The van der Waals surface area contributed by atoms with Crippen molar-refractivity contribution >= 4 is 11.8 Å². The van der Waals surface area contributed by atoms with Crippen molar-refractivity contribution in [3.05, 3.63) is 40.9 Å². The van der Waals surface area contributed by atoms with Gasteiger partial charge in [0.05, 0.1) is 12.3 Å². The van der Waals surface area contributed by atoms with Crippen LogP contribution in [0.15, 0.2) is 39.7 Å². The molecular formula is C20H24N4O4. The van der Waals surface area contributed by atoms with E-state index >= 15 is 0 Å². The normalized spacial score (nSPS) is 20.0.